The summed E-state index contributed by atoms with van der Waals surface area (Å²) in [6.07, 6.45) is 11.5. The van der Waals surface area contributed by atoms with E-state index in [9.17, 15) is 9.18 Å². The number of benzene rings is 1. The highest BCUT2D eigenvalue weighted by Crippen LogP contribution is 2.27. The maximum atomic E-state index is 14.0. The van der Waals surface area contributed by atoms with Gasteiger partial charge in [-0.05, 0) is 43.1 Å². The van der Waals surface area contributed by atoms with E-state index in [2.05, 4.69) is 27.2 Å². The van der Waals surface area contributed by atoms with Gasteiger partial charge in [-0.1, -0.05) is 31.4 Å². The summed E-state index contributed by atoms with van der Waals surface area (Å²) < 4.78 is 14.0. The summed E-state index contributed by atoms with van der Waals surface area (Å²) in [5, 5.41) is 4.04. The quantitative estimate of drug-likeness (QED) is 0.613. The van der Waals surface area contributed by atoms with Crippen molar-refractivity contribution in [3.05, 3.63) is 54.2 Å². The average molecular weight is 409 g/mol. The van der Waals surface area contributed by atoms with E-state index in [0.29, 0.717) is 24.6 Å². The van der Waals surface area contributed by atoms with Crippen molar-refractivity contribution in [3.8, 4) is 11.1 Å². The summed E-state index contributed by atoms with van der Waals surface area (Å²) in [5.41, 5.74) is 3.14. The molecule has 1 aliphatic rings. The Hall–Kier alpha value is -2.73. The van der Waals surface area contributed by atoms with E-state index in [0.717, 1.165) is 28.6 Å². The van der Waals surface area contributed by atoms with Crippen LogP contribution in [0.1, 0.15) is 37.7 Å². The largest absolute Gasteiger partial charge is 0.361 e. The normalized spacial score (nSPS) is 15.0. The van der Waals surface area contributed by atoms with Crippen LogP contribution in [-0.4, -0.2) is 47.0 Å². The molecule has 1 aromatic carbocycles. The molecule has 0 saturated heterocycles. The molecule has 1 fully saturated rings. The molecule has 6 heteroatoms. The molecular weight excluding hydrogens is 379 g/mol. The first-order valence-electron chi connectivity index (χ1n) is 10.8. The molecule has 0 atom stereocenters. The number of nitrogens with one attached hydrogen (secondary N) is 2. The van der Waals surface area contributed by atoms with Gasteiger partial charge in [0.05, 0.1) is 12.6 Å². The van der Waals surface area contributed by atoms with Gasteiger partial charge in [0.1, 0.15) is 5.82 Å². The number of pyridine rings is 1. The molecule has 1 aliphatic carbocycles. The highest BCUT2D eigenvalue weighted by Gasteiger charge is 2.18. The zero-order valence-corrected chi connectivity index (χ0v) is 17.5. The maximum Gasteiger partial charge on any atom is 0.224 e. The molecule has 0 radical (unpaired) electrons. The molecular formula is C24H29FN4O. The first-order valence-corrected chi connectivity index (χ1v) is 10.8. The van der Waals surface area contributed by atoms with Gasteiger partial charge in [0.25, 0.3) is 0 Å². The number of carbonyl (C=O) groups is 1. The molecule has 158 valence electrons. The number of rotatable bonds is 7. The second-order valence-electron chi connectivity index (χ2n) is 8.23. The lowest BCUT2D eigenvalue weighted by Crippen LogP contribution is -2.39. The molecule has 30 heavy (non-hydrogen) atoms. The van der Waals surface area contributed by atoms with Gasteiger partial charge in [-0.3, -0.25) is 9.78 Å². The zero-order chi connectivity index (χ0) is 20.9. The van der Waals surface area contributed by atoms with Gasteiger partial charge in [0.15, 0.2) is 0 Å². The van der Waals surface area contributed by atoms with Crippen LogP contribution in [0.15, 0.2) is 42.9 Å². The predicted octanol–water partition coefficient (Wildman–Crippen LogP) is 4.29. The molecule has 2 N–H and O–H groups in total. The molecule has 0 unspecified atom stereocenters. The van der Waals surface area contributed by atoms with Gasteiger partial charge in [-0.2, -0.15) is 0 Å². The van der Waals surface area contributed by atoms with Crippen LogP contribution in [0, 0.1) is 5.82 Å². The van der Waals surface area contributed by atoms with Gasteiger partial charge < -0.3 is 15.2 Å². The third-order valence-corrected chi connectivity index (χ3v) is 6.19. The summed E-state index contributed by atoms with van der Waals surface area (Å²) in [7, 11) is 2.16. The van der Waals surface area contributed by atoms with E-state index in [4.69, 9.17) is 0 Å². The number of nitrogens with zero attached hydrogens (tertiary/aromatic N) is 2. The number of H-pyrrole nitrogens is 1. The van der Waals surface area contributed by atoms with Crippen LogP contribution in [0.5, 0.6) is 0 Å². The maximum absolute atomic E-state index is 14.0. The molecule has 2 aromatic heterocycles. The minimum atomic E-state index is -0.346. The van der Waals surface area contributed by atoms with Gasteiger partial charge in [0, 0.05) is 48.0 Å². The average Bonchev–Trinajstić information content (AvgIpc) is 3.16. The van der Waals surface area contributed by atoms with E-state index >= 15 is 0 Å². The minimum absolute atomic E-state index is 0.0252. The monoisotopic (exact) mass is 408 g/mol. The highest BCUT2D eigenvalue weighted by atomic mass is 19.1. The topological polar surface area (TPSA) is 61.0 Å². The fourth-order valence-corrected chi connectivity index (χ4v) is 4.42. The lowest BCUT2D eigenvalue weighted by molar-refractivity contribution is -0.120. The van der Waals surface area contributed by atoms with Crippen LogP contribution in [0.2, 0.25) is 0 Å². The van der Waals surface area contributed by atoms with Crippen molar-refractivity contribution in [2.24, 2.45) is 0 Å². The molecule has 1 saturated carbocycles. The molecule has 1 amide bonds. The number of hydrogen-bond donors (Lipinski definition) is 2. The van der Waals surface area contributed by atoms with Gasteiger partial charge in [-0.25, -0.2) is 4.39 Å². The summed E-state index contributed by atoms with van der Waals surface area (Å²) in [5.74, 6) is -0.321. The molecule has 3 aromatic rings. The first-order chi connectivity index (χ1) is 14.6. The van der Waals surface area contributed by atoms with E-state index in [1.54, 1.807) is 12.3 Å². The summed E-state index contributed by atoms with van der Waals surface area (Å²) in [6.45, 7) is 1.55. The standard InChI is InChI=1S/C24H29FN4O/c1-29(19-5-3-2-4-6-19)12-11-27-24(30)14-18-15-28-23-13-17(7-8-21(18)23)20-9-10-26-16-22(20)25/h7-10,13,15-16,19,28H,2-6,11-12,14H2,1H3,(H,27,30). The molecule has 4 rings (SSSR count). The number of halogens is 1. The Bertz CT molecular complexity index is 1010. The molecule has 0 spiro atoms. The number of amides is 1. The lowest BCUT2D eigenvalue weighted by atomic mass is 9.94. The lowest BCUT2D eigenvalue weighted by Gasteiger charge is -2.31. The van der Waals surface area contributed by atoms with Crippen LogP contribution in [0.4, 0.5) is 4.39 Å². The number of likely N-dealkylation sites (N-methyl/N-ethyl adjacent to an activating group) is 1. The van der Waals surface area contributed by atoms with Crippen LogP contribution in [0.3, 0.4) is 0 Å². The van der Waals surface area contributed by atoms with E-state index < -0.39 is 0 Å². The van der Waals surface area contributed by atoms with E-state index in [-0.39, 0.29) is 11.7 Å². The van der Waals surface area contributed by atoms with Crippen molar-refractivity contribution < 1.29 is 9.18 Å². The smallest absolute Gasteiger partial charge is 0.224 e. The van der Waals surface area contributed by atoms with Crippen molar-refractivity contribution in [2.45, 2.75) is 44.6 Å². The summed E-state index contributed by atoms with van der Waals surface area (Å²) in [4.78, 5) is 21.8. The van der Waals surface area contributed by atoms with Crippen LogP contribution in [0.25, 0.3) is 22.0 Å². The first kappa shape index (κ1) is 20.5. The Morgan fingerprint density at radius 2 is 2.10 bits per heavy atom. The van der Waals surface area contributed by atoms with Crippen molar-refractivity contribution >= 4 is 16.8 Å². The molecule has 5 nitrogen and oxygen atoms in total. The third-order valence-electron chi connectivity index (χ3n) is 6.19. The minimum Gasteiger partial charge on any atom is -0.361 e. The van der Waals surface area contributed by atoms with Crippen molar-refractivity contribution in [1.82, 2.24) is 20.2 Å². The third kappa shape index (κ3) is 4.70. The summed E-state index contributed by atoms with van der Waals surface area (Å²) >= 11 is 0. The number of fused-ring (bicyclic) bond motifs is 1. The fraction of sp³-hybridized carbons (Fsp3) is 0.417. The predicted molar refractivity (Wildman–Crippen MR) is 118 cm³/mol. The van der Waals surface area contributed by atoms with Crippen LogP contribution < -0.4 is 5.32 Å². The molecule has 2 heterocycles. The second-order valence-corrected chi connectivity index (χ2v) is 8.23. The van der Waals surface area contributed by atoms with Crippen LogP contribution >= 0.6 is 0 Å². The second kappa shape index (κ2) is 9.39. The number of carbonyl (C=O) groups excluding carboxylic acids is 1. The Morgan fingerprint density at radius 3 is 2.90 bits per heavy atom. The zero-order valence-electron chi connectivity index (χ0n) is 17.5. The molecule has 0 bridgehead atoms. The Kier molecular flexibility index (Phi) is 6.43. The molecule has 0 aliphatic heterocycles. The van der Waals surface area contributed by atoms with E-state index in [1.807, 2.05) is 24.4 Å². The Labute approximate surface area is 176 Å². The fourth-order valence-electron chi connectivity index (χ4n) is 4.42. The van der Waals surface area contributed by atoms with Gasteiger partial charge in [-0.15, -0.1) is 0 Å². The van der Waals surface area contributed by atoms with Gasteiger partial charge >= 0.3 is 0 Å². The Balaban J connectivity index is 1.34. The number of aromatic nitrogens is 2. The van der Waals surface area contributed by atoms with Crippen molar-refractivity contribution in [3.63, 3.8) is 0 Å². The van der Waals surface area contributed by atoms with Crippen molar-refractivity contribution in [2.75, 3.05) is 20.1 Å². The SMILES string of the molecule is CN(CCNC(=O)Cc1c[nH]c2cc(-c3ccncc3F)ccc12)C1CCCCC1. The highest BCUT2D eigenvalue weighted by molar-refractivity contribution is 5.91. The van der Waals surface area contributed by atoms with E-state index in [1.165, 1.54) is 38.3 Å². The number of aromatic amines is 1. The van der Waals surface area contributed by atoms with Crippen molar-refractivity contribution in [1.29, 1.82) is 0 Å². The summed E-state index contributed by atoms with van der Waals surface area (Å²) in [6, 6.07) is 8.06. The Morgan fingerprint density at radius 1 is 1.27 bits per heavy atom. The number of hydrogen-bond acceptors (Lipinski definition) is 3. The van der Waals surface area contributed by atoms with Gasteiger partial charge in [0.2, 0.25) is 5.91 Å². The van der Waals surface area contributed by atoms with Crippen LogP contribution in [-0.2, 0) is 11.2 Å².